The molecule has 2 aromatic heterocycles. The minimum absolute atomic E-state index is 0.0354. The molecule has 9 rings (SSSR count). The molecule has 6 aliphatic rings. The van der Waals surface area contributed by atoms with Gasteiger partial charge >= 0.3 is 0 Å². The second kappa shape index (κ2) is 14.8. The van der Waals surface area contributed by atoms with Gasteiger partial charge in [0.15, 0.2) is 23.7 Å². The van der Waals surface area contributed by atoms with E-state index in [-0.39, 0.29) is 41.5 Å². The fourth-order valence-corrected chi connectivity index (χ4v) is 9.26. The SMILES string of the molecule is CN1CCN([C@H]2CCCN(c3cnc(C(N)=O)c(Nc4cc5n(n4)CCN(C[C@@H]4CCN(c6ccc7c(c6)C(=O)N(C6CCC(=O)NC6=O)C7=O)C4)C5)n3)C2)C1O. The highest BCUT2D eigenvalue weighted by Crippen LogP contribution is 2.33. The van der Waals surface area contributed by atoms with E-state index < -0.39 is 41.9 Å². The highest BCUT2D eigenvalue weighted by Gasteiger charge is 2.45. The van der Waals surface area contributed by atoms with Gasteiger partial charge in [0.1, 0.15) is 11.9 Å². The highest BCUT2D eigenvalue weighted by molar-refractivity contribution is 6.23. The zero-order valence-corrected chi connectivity index (χ0v) is 31.8. The molecule has 6 aliphatic heterocycles. The number of hydrogen-bond acceptors (Lipinski definition) is 15. The van der Waals surface area contributed by atoms with Gasteiger partial charge in [0, 0.05) is 83.1 Å². The number of fused-ring (bicyclic) bond motifs is 2. The van der Waals surface area contributed by atoms with Crippen LogP contribution in [-0.2, 0) is 22.7 Å². The summed E-state index contributed by atoms with van der Waals surface area (Å²) >= 11 is 0. The predicted molar refractivity (Wildman–Crippen MR) is 205 cm³/mol. The van der Waals surface area contributed by atoms with Crippen molar-refractivity contribution < 1.29 is 29.1 Å². The van der Waals surface area contributed by atoms with Crippen LogP contribution in [0, 0.1) is 5.92 Å². The summed E-state index contributed by atoms with van der Waals surface area (Å²) in [5, 5.41) is 20.9. The van der Waals surface area contributed by atoms with Crippen molar-refractivity contribution >= 4 is 52.7 Å². The summed E-state index contributed by atoms with van der Waals surface area (Å²) in [5.41, 5.74) is 8.20. The number of nitrogens with zero attached hydrogens (tertiary/aromatic N) is 10. The Labute approximate surface area is 328 Å². The normalized spacial score (nSPS) is 26.0. The Morgan fingerprint density at radius 3 is 2.60 bits per heavy atom. The van der Waals surface area contributed by atoms with Gasteiger partial charge in [-0.3, -0.25) is 53.6 Å². The molecule has 5 amide bonds. The average Bonchev–Trinajstić information content (AvgIpc) is 3.97. The Bertz CT molecular complexity index is 2140. The number of likely N-dealkylation sites (N-methyl/N-ethyl adjacent to an activating group) is 1. The highest BCUT2D eigenvalue weighted by atomic mass is 16.3. The van der Waals surface area contributed by atoms with E-state index in [2.05, 4.69) is 35.2 Å². The van der Waals surface area contributed by atoms with Crippen LogP contribution in [0.2, 0.25) is 0 Å². The van der Waals surface area contributed by atoms with E-state index in [1.54, 1.807) is 18.3 Å². The molecule has 19 nitrogen and oxygen atoms in total. The molecule has 4 saturated heterocycles. The standard InChI is InChI=1S/C38H47N13O6/c1-45-11-13-49(38(45)57)24-3-2-9-48(21-24)30-17-40-32(33(39)53)34(42-30)41-29-16-25-20-46(12-14-50(25)44-29)18-22-8-10-47(19-22)23-4-5-26-27(15-23)37(56)51(36(26)55)28-6-7-31(52)43-35(28)54/h4-5,15-17,22,24,28,38,57H,2-3,6-14,18-21H2,1H3,(H2,39,53)(H,41,42,44)(H,43,52,54)/t22-,24-,28?,38?/m0/s1. The molecule has 8 heterocycles. The van der Waals surface area contributed by atoms with Gasteiger partial charge in [-0.25, -0.2) is 9.97 Å². The molecule has 57 heavy (non-hydrogen) atoms. The van der Waals surface area contributed by atoms with Gasteiger partial charge in [0.25, 0.3) is 17.7 Å². The summed E-state index contributed by atoms with van der Waals surface area (Å²) in [6.45, 7) is 7.75. The molecule has 1 aromatic carbocycles. The van der Waals surface area contributed by atoms with Crippen molar-refractivity contribution in [1.29, 1.82) is 0 Å². The maximum atomic E-state index is 13.4. The topological polar surface area (TPSA) is 219 Å². The minimum Gasteiger partial charge on any atom is -0.371 e. The molecule has 300 valence electrons. The number of rotatable bonds is 9. The lowest BCUT2D eigenvalue weighted by molar-refractivity contribution is -0.136. The number of hydrogen-bond donors (Lipinski definition) is 4. The Morgan fingerprint density at radius 1 is 0.965 bits per heavy atom. The summed E-state index contributed by atoms with van der Waals surface area (Å²) < 4.78 is 1.97. The van der Waals surface area contributed by atoms with Crippen LogP contribution < -0.4 is 26.2 Å². The second-order valence-electron chi connectivity index (χ2n) is 16.0. The van der Waals surface area contributed by atoms with Gasteiger partial charge in [-0.2, -0.15) is 5.10 Å². The smallest absolute Gasteiger partial charge is 0.271 e. The summed E-state index contributed by atoms with van der Waals surface area (Å²) in [6, 6.07) is 6.42. The quantitative estimate of drug-likeness (QED) is 0.206. The lowest BCUT2D eigenvalue weighted by Gasteiger charge is -2.39. The first-order valence-corrected chi connectivity index (χ1v) is 19.7. The molecular formula is C38H47N13O6. The first-order chi connectivity index (χ1) is 27.5. The number of anilines is 4. The number of nitrogens with two attached hydrogens (primary N) is 1. The largest absolute Gasteiger partial charge is 0.371 e. The number of piperidine rings is 2. The predicted octanol–water partition coefficient (Wildman–Crippen LogP) is -0.249. The van der Waals surface area contributed by atoms with Crippen LogP contribution in [0.4, 0.5) is 23.1 Å². The maximum Gasteiger partial charge on any atom is 0.271 e. The van der Waals surface area contributed by atoms with Crippen LogP contribution in [-0.4, -0.2) is 152 Å². The number of primary amides is 1. The van der Waals surface area contributed by atoms with E-state index in [0.717, 1.165) is 81.4 Å². The molecule has 3 aromatic rings. The van der Waals surface area contributed by atoms with Crippen molar-refractivity contribution in [1.82, 2.24) is 44.7 Å². The Hall–Kier alpha value is -5.50. The minimum atomic E-state index is -0.993. The third-order valence-corrected chi connectivity index (χ3v) is 12.3. The molecule has 0 spiro atoms. The zero-order chi connectivity index (χ0) is 39.5. The van der Waals surface area contributed by atoms with Crippen molar-refractivity contribution in [3.05, 3.63) is 53.0 Å². The Kier molecular flexibility index (Phi) is 9.62. The van der Waals surface area contributed by atoms with Gasteiger partial charge in [0.05, 0.1) is 29.6 Å². The van der Waals surface area contributed by atoms with Gasteiger partial charge in [-0.15, -0.1) is 0 Å². The van der Waals surface area contributed by atoms with E-state index in [1.807, 2.05) is 28.8 Å². The second-order valence-corrected chi connectivity index (χ2v) is 16.0. The monoisotopic (exact) mass is 781 g/mol. The Balaban J connectivity index is 0.826. The van der Waals surface area contributed by atoms with Gasteiger partial charge < -0.3 is 26.0 Å². The molecule has 0 saturated carbocycles. The van der Waals surface area contributed by atoms with Crippen LogP contribution in [0.3, 0.4) is 0 Å². The maximum absolute atomic E-state index is 13.4. The number of carbonyl (C=O) groups excluding carboxylic acids is 5. The number of aliphatic hydroxyl groups excluding tert-OH is 1. The lowest BCUT2D eigenvalue weighted by Crippen LogP contribution is -2.54. The molecule has 19 heteroatoms. The third kappa shape index (κ3) is 6.98. The first kappa shape index (κ1) is 37.1. The number of aromatic nitrogens is 4. The van der Waals surface area contributed by atoms with Crippen molar-refractivity contribution in [2.45, 2.75) is 63.6 Å². The molecule has 4 atom stereocenters. The van der Waals surface area contributed by atoms with Crippen LogP contribution in [0.25, 0.3) is 0 Å². The van der Waals surface area contributed by atoms with Crippen LogP contribution in [0.5, 0.6) is 0 Å². The van der Waals surface area contributed by atoms with Crippen molar-refractivity contribution in [3.63, 3.8) is 0 Å². The number of imide groups is 2. The lowest BCUT2D eigenvalue weighted by atomic mass is 10.0. The fourth-order valence-electron chi connectivity index (χ4n) is 9.26. The first-order valence-electron chi connectivity index (χ1n) is 19.7. The van der Waals surface area contributed by atoms with E-state index in [0.29, 0.717) is 37.2 Å². The zero-order valence-electron chi connectivity index (χ0n) is 31.8. The molecule has 0 radical (unpaired) electrons. The molecule has 4 fully saturated rings. The number of aliphatic hydroxyl groups is 1. The summed E-state index contributed by atoms with van der Waals surface area (Å²) in [4.78, 5) is 84.2. The molecule has 0 aliphatic carbocycles. The summed E-state index contributed by atoms with van der Waals surface area (Å²) in [5.74, 6) is -0.917. The average molecular weight is 782 g/mol. The van der Waals surface area contributed by atoms with Crippen molar-refractivity contribution in [3.8, 4) is 0 Å². The fraction of sp³-hybridized carbons (Fsp3) is 0.526. The van der Waals surface area contributed by atoms with E-state index in [4.69, 9.17) is 15.8 Å². The van der Waals surface area contributed by atoms with E-state index in [1.165, 1.54) is 0 Å². The van der Waals surface area contributed by atoms with E-state index >= 15 is 0 Å². The number of nitrogens with one attached hydrogen (secondary N) is 2. The number of amides is 5. The van der Waals surface area contributed by atoms with E-state index in [9.17, 15) is 29.1 Å². The number of benzene rings is 1. The van der Waals surface area contributed by atoms with Crippen LogP contribution in [0.15, 0.2) is 30.5 Å². The third-order valence-electron chi connectivity index (χ3n) is 12.3. The molecule has 0 bridgehead atoms. The van der Waals surface area contributed by atoms with Gasteiger partial charge in [-0.05, 0) is 56.8 Å². The molecule has 5 N–H and O–H groups in total. The van der Waals surface area contributed by atoms with Crippen LogP contribution >= 0.6 is 0 Å². The van der Waals surface area contributed by atoms with Gasteiger partial charge in [-0.1, -0.05) is 0 Å². The van der Waals surface area contributed by atoms with Crippen molar-refractivity contribution in [2.24, 2.45) is 11.7 Å². The Morgan fingerprint density at radius 2 is 1.81 bits per heavy atom. The number of carbonyl (C=O) groups is 5. The van der Waals surface area contributed by atoms with Gasteiger partial charge in [0.2, 0.25) is 11.8 Å². The summed E-state index contributed by atoms with van der Waals surface area (Å²) in [7, 11) is 1.92. The molecule has 2 unspecified atom stereocenters. The molecular weight excluding hydrogens is 735 g/mol. The van der Waals surface area contributed by atoms with Crippen LogP contribution in [0.1, 0.15) is 69.0 Å². The summed E-state index contributed by atoms with van der Waals surface area (Å²) in [6.07, 6.45) is 4.06. The van der Waals surface area contributed by atoms with Crippen molar-refractivity contribution in [2.75, 3.05) is 74.5 Å².